The smallest absolute Gasteiger partial charge is 0.0938 e. The molecular weight excluding hydrogens is 218 g/mol. The molecule has 1 fully saturated rings. The Labute approximate surface area is 99.0 Å². The molecule has 1 N–H and O–H groups in total. The van der Waals surface area contributed by atoms with Crippen LogP contribution in [0.15, 0.2) is 24.3 Å². The van der Waals surface area contributed by atoms with Crippen molar-refractivity contribution in [2.45, 2.75) is 37.7 Å². The summed E-state index contributed by atoms with van der Waals surface area (Å²) < 4.78 is 1.27. The second-order valence-corrected chi connectivity index (χ2v) is 5.77. The maximum atomic E-state index is 9.73. The summed E-state index contributed by atoms with van der Waals surface area (Å²) in [6.45, 7) is 0. The summed E-state index contributed by atoms with van der Waals surface area (Å²) in [6.07, 6.45) is 4.97. The van der Waals surface area contributed by atoms with E-state index in [1.807, 2.05) is 6.07 Å². The van der Waals surface area contributed by atoms with Gasteiger partial charge in [0.15, 0.2) is 0 Å². The van der Waals surface area contributed by atoms with E-state index in [2.05, 4.69) is 23.2 Å². The van der Waals surface area contributed by atoms with Crippen molar-refractivity contribution in [2.24, 2.45) is 0 Å². The third-order valence-electron chi connectivity index (χ3n) is 3.20. The maximum absolute atomic E-state index is 9.73. The highest BCUT2D eigenvalue weighted by atomic mass is 32.1. The summed E-state index contributed by atoms with van der Waals surface area (Å²) in [5, 5.41) is 10.9. The van der Waals surface area contributed by atoms with Gasteiger partial charge in [0.05, 0.1) is 20.8 Å². The number of nitrogens with zero attached hydrogens (tertiary/aromatic N) is 1. The van der Waals surface area contributed by atoms with Crippen LogP contribution in [0.5, 0.6) is 0 Å². The molecule has 0 amide bonds. The molecule has 3 rings (SSSR count). The molecule has 2 nitrogen and oxygen atoms in total. The number of aliphatic hydroxyl groups is 1. The first-order chi connectivity index (χ1) is 7.75. The van der Waals surface area contributed by atoms with Gasteiger partial charge in [0.2, 0.25) is 0 Å². The summed E-state index contributed by atoms with van der Waals surface area (Å²) in [7, 11) is 0. The van der Waals surface area contributed by atoms with Crippen molar-refractivity contribution in [3.8, 4) is 0 Å². The van der Waals surface area contributed by atoms with Gasteiger partial charge in [0.25, 0.3) is 0 Å². The number of aryl methyl sites for hydroxylation is 1. The van der Waals surface area contributed by atoms with E-state index in [9.17, 15) is 5.11 Å². The lowest BCUT2D eigenvalue weighted by atomic mass is 10.1. The highest BCUT2D eigenvalue weighted by molar-refractivity contribution is 7.18. The lowest BCUT2D eigenvalue weighted by Crippen LogP contribution is -2.06. The molecule has 0 spiro atoms. The highest BCUT2D eigenvalue weighted by Crippen LogP contribution is 2.39. The molecule has 1 aromatic heterocycles. The van der Waals surface area contributed by atoms with Crippen molar-refractivity contribution < 1.29 is 5.11 Å². The van der Waals surface area contributed by atoms with Crippen LogP contribution in [0.25, 0.3) is 10.2 Å². The van der Waals surface area contributed by atoms with Crippen molar-refractivity contribution in [3.05, 3.63) is 29.3 Å². The first kappa shape index (κ1) is 10.2. The zero-order valence-corrected chi connectivity index (χ0v) is 9.96. The number of hydrogen-bond acceptors (Lipinski definition) is 3. The minimum Gasteiger partial charge on any atom is -0.390 e. The molecule has 1 aromatic carbocycles. The summed E-state index contributed by atoms with van der Waals surface area (Å²) in [5.74, 6) is 0. The molecular formula is C13H15NOS. The summed E-state index contributed by atoms with van der Waals surface area (Å²) in [5.41, 5.74) is 0.795. The van der Waals surface area contributed by atoms with Crippen LogP contribution in [0.4, 0.5) is 0 Å². The zero-order valence-electron chi connectivity index (χ0n) is 9.15. The summed E-state index contributed by atoms with van der Waals surface area (Å²) in [6, 6.07) is 8.25. The Morgan fingerprint density at radius 2 is 2.12 bits per heavy atom. The van der Waals surface area contributed by atoms with E-state index < -0.39 is 0 Å². The van der Waals surface area contributed by atoms with Crippen LogP contribution in [-0.2, 0) is 6.42 Å². The molecule has 1 heterocycles. The van der Waals surface area contributed by atoms with Gasteiger partial charge in [0.1, 0.15) is 0 Å². The molecule has 1 aliphatic rings. The van der Waals surface area contributed by atoms with Crippen molar-refractivity contribution in [1.29, 1.82) is 0 Å². The van der Waals surface area contributed by atoms with Crippen molar-refractivity contribution in [1.82, 2.24) is 4.98 Å². The molecule has 1 saturated carbocycles. The van der Waals surface area contributed by atoms with Gasteiger partial charge in [-0.05, 0) is 44.2 Å². The van der Waals surface area contributed by atoms with E-state index >= 15 is 0 Å². The number of rotatable bonds is 4. The predicted octanol–water partition coefficient (Wildman–Crippen LogP) is 3.14. The zero-order chi connectivity index (χ0) is 11.0. The van der Waals surface area contributed by atoms with Gasteiger partial charge in [-0.3, -0.25) is 0 Å². The third kappa shape index (κ3) is 2.11. The Morgan fingerprint density at radius 3 is 2.88 bits per heavy atom. The SMILES string of the molecule is OC1(CCCc2nc3ccccc3s2)CC1. The largest absolute Gasteiger partial charge is 0.390 e. The minimum atomic E-state index is -0.309. The summed E-state index contributed by atoms with van der Waals surface area (Å²) >= 11 is 1.78. The number of para-hydroxylation sites is 1. The molecule has 0 unspecified atom stereocenters. The molecule has 16 heavy (non-hydrogen) atoms. The Balaban J connectivity index is 1.65. The Bertz CT molecular complexity index is 468. The summed E-state index contributed by atoms with van der Waals surface area (Å²) in [4.78, 5) is 4.59. The van der Waals surface area contributed by atoms with E-state index in [4.69, 9.17) is 0 Å². The Kier molecular flexibility index (Phi) is 2.45. The molecule has 0 aliphatic heterocycles. The number of fused-ring (bicyclic) bond motifs is 1. The van der Waals surface area contributed by atoms with E-state index in [-0.39, 0.29) is 5.60 Å². The van der Waals surface area contributed by atoms with E-state index in [1.54, 1.807) is 11.3 Å². The van der Waals surface area contributed by atoms with Crippen LogP contribution in [0.3, 0.4) is 0 Å². The second kappa shape index (κ2) is 3.82. The average molecular weight is 233 g/mol. The molecule has 1 aliphatic carbocycles. The molecule has 84 valence electrons. The van der Waals surface area contributed by atoms with Crippen LogP contribution in [0.1, 0.15) is 30.7 Å². The molecule has 0 bridgehead atoms. The normalized spacial score (nSPS) is 17.8. The average Bonchev–Trinajstić information content (AvgIpc) is 2.87. The molecule has 0 radical (unpaired) electrons. The molecule has 0 saturated heterocycles. The number of benzene rings is 1. The van der Waals surface area contributed by atoms with Gasteiger partial charge in [-0.1, -0.05) is 12.1 Å². The van der Waals surface area contributed by atoms with Crippen LogP contribution < -0.4 is 0 Å². The fourth-order valence-electron chi connectivity index (χ4n) is 1.99. The maximum Gasteiger partial charge on any atom is 0.0938 e. The van der Waals surface area contributed by atoms with Gasteiger partial charge < -0.3 is 5.11 Å². The van der Waals surface area contributed by atoms with Crippen LogP contribution in [-0.4, -0.2) is 15.7 Å². The van der Waals surface area contributed by atoms with Crippen LogP contribution in [0, 0.1) is 0 Å². The number of thiazole rings is 1. The first-order valence-electron chi connectivity index (χ1n) is 5.82. The lowest BCUT2D eigenvalue weighted by Gasteiger charge is -2.04. The van der Waals surface area contributed by atoms with Gasteiger partial charge in [-0.15, -0.1) is 11.3 Å². The van der Waals surface area contributed by atoms with E-state index in [0.29, 0.717) is 0 Å². The number of hydrogen-bond donors (Lipinski definition) is 1. The molecule has 0 atom stereocenters. The van der Waals surface area contributed by atoms with E-state index in [1.165, 1.54) is 9.71 Å². The quantitative estimate of drug-likeness (QED) is 0.880. The van der Waals surface area contributed by atoms with Crippen LogP contribution >= 0.6 is 11.3 Å². The topological polar surface area (TPSA) is 33.1 Å². The van der Waals surface area contributed by atoms with Gasteiger partial charge in [-0.2, -0.15) is 0 Å². The molecule has 3 heteroatoms. The standard InChI is InChI=1S/C13H15NOS/c15-13(8-9-13)7-3-6-12-14-10-4-1-2-5-11(10)16-12/h1-2,4-5,15H,3,6-9H2. The van der Waals surface area contributed by atoms with Gasteiger partial charge in [-0.25, -0.2) is 4.98 Å². The second-order valence-electron chi connectivity index (χ2n) is 4.65. The minimum absolute atomic E-state index is 0.309. The van der Waals surface area contributed by atoms with Crippen molar-refractivity contribution in [2.75, 3.05) is 0 Å². The Hall–Kier alpha value is -0.930. The van der Waals surface area contributed by atoms with Gasteiger partial charge >= 0.3 is 0 Å². The van der Waals surface area contributed by atoms with Crippen molar-refractivity contribution >= 4 is 21.6 Å². The highest BCUT2D eigenvalue weighted by Gasteiger charge is 2.39. The van der Waals surface area contributed by atoms with Gasteiger partial charge in [0, 0.05) is 0 Å². The Morgan fingerprint density at radius 1 is 1.31 bits per heavy atom. The molecule has 2 aromatic rings. The van der Waals surface area contributed by atoms with Crippen molar-refractivity contribution in [3.63, 3.8) is 0 Å². The monoisotopic (exact) mass is 233 g/mol. The fourth-order valence-corrected chi connectivity index (χ4v) is 3.00. The van der Waals surface area contributed by atoms with E-state index in [0.717, 1.165) is 37.6 Å². The first-order valence-corrected chi connectivity index (χ1v) is 6.64. The van der Waals surface area contributed by atoms with Crippen LogP contribution in [0.2, 0.25) is 0 Å². The number of aromatic nitrogens is 1. The lowest BCUT2D eigenvalue weighted by molar-refractivity contribution is 0.137. The fraction of sp³-hybridized carbons (Fsp3) is 0.462. The third-order valence-corrected chi connectivity index (χ3v) is 4.29. The predicted molar refractivity (Wildman–Crippen MR) is 66.7 cm³/mol.